The number of phenolic OH excluding ortho intramolecular Hbond substituents is 1. The Kier molecular flexibility index (Phi) is 4.47. The van der Waals surface area contributed by atoms with E-state index in [-0.39, 0.29) is 11.7 Å². The van der Waals surface area contributed by atoms with E-state index in [1.165, 1.54) is 0 Å². The number of hydrogen-bond acceptors (Lipinski definition) is 6. The maximum absolute atomic E-state index is 14.9. The number of ether oxygens (including phenoxy) is 1. The van der Waals surface area contributed by atoms with Crippen molar-refractivity contribution in [2.75, 3.05) is 6.54 Å². The third-order valence-electron chi connectivity index (χ3n) is 6.33. The molecule has 2 saturated heterocycles. The van der Waals surface area contributed by atoms with Crippen LogP contribution in [0.3, 0.4) is 0 Å². The average molecular weight is 409 g/mol. The highest BCUT2D eigenvalue weighted by atomic mass is 19.1. The smallest absolute Gasteiger partial charge is 0.233 e. The standard InChI is InChI=1S/C22H24FN5O2/c1-13-11-28(12-24-13)15-3-4-16(18(29)9-15)17-5-6-19(27-26-17)30-20-14-7-8-22(2,21(20)23)25-10-14/h3-6,9,11-12,14,20-21,25,29H,7-8,10H2,1-2H3/t14-,20-,21+,22-/m0/s1. The van der Waals surface area contributed by atoms with Crippen molar-refractivity contribution in [3.05, 3.63) is 48.5 Å². The van der Waals surface area contributed by atoms with Crippen LogP contribution >= 0.6 is 0 Å². The summed E-state index contributed by atoms with van der Waals surface area (Å²) in [6.07, 6.45) is 3.73. The number of nitrogens with one attached hydrogen (secondary N) is 1. The number of benzene rings is 1. The van der Waals surface area contributed by atoms with Crippen molar-refractivity contribution in [1.29, 1.82) is 0 Å². The van der Waals surface area contributed by atoms with Crippen molar-refractivity contribution in [2.45, 2.75) is 44.5 Å². The Morgan fingerprint density at radius 2 is 2.13 bits per heavy atom. The lowest BCUT2D eigenvalue weighted by Gasteiger charge is -2.51. The molecule has 8 heteroatoms. The third kappa shape index (κ3) is 3.21. The fourth-order valence-corrected chi connectivity index (χ4v) is 4.44. The van der Waals surface area contributed by atoms with E-state index in [0.29, 0.717) is 17.1 Å². The highest BCUT2D eigenvalue weighted by molar-refractivity contribution is 5.68. The van der Waals surface area contributed by atoms with Gasteiger partial charge < -0.3 is 19.7 Å². The number of halogens is 1. The first-order valence-corrected chi connectivity index (χ1v) is 10.2. The number of phenols is 1. The summed E-state index contributed by atoms with van der Waals surface area (Å²) in [7, 11) is 0. The molecule has 3 fully saturated rings. The van der Waals surface area contributed by atoms with Crippen LogP contribution in [0.1, 0.15) is 25.5 Å². The molecular weight excluding hydrogens is 385 g/mol. The zero-order chi connectivity index (χ0) is 20.9. The number of fused-ring (bicyclic) bond motifs is 3. The summed E-state index contributed by atoms with van der Waals surface area (Å²) in [6.45, 7) is 4.57. The molecule has 156 valence electrons. The van der Waals surface area contributed by atoms with Crippen molar-refractivity contribution in [3.8, 4) is 28.6 Å². The van der Waals surface area contributed by atoms with Crippen LogP contribution in [-0.2, 0) is 0 Å². The van der Waals surface area contributed by atoms with Gasteiger partial charge in [-0.1, -0.05) is 0 Å². The summed E-state index contributed by atoms with van der Waals surface area (Å²) in [5.74, 6) is 0.522. The van der Waals surface area contributed by atoms with Crippen molar-refractivity contribution in [1.82, 2.24) is 25.1 Å². The van der Waals surface area contributed by atoms with Crippen LogP contribution in [0.15, 0.2) is 42.9 Å². The Morgan fingerprint density at radius 3 is 2.77 bits per heavy atom. The van der Waals surface area contributed by atoms with Gasteiger partial charge in [0.05, 0.1) is 28.9 Å². The summed E-state index contributed by atoms with van der Waals surface area (Å²) < 4.78 is 22.7. The summed E-state index contributed by atoms with van der Waals surface area (Å²) in [5.41, 5.74) is 2.24. The van der Waals surface area contributed by atoms with E-state index in [2.05, 4.69) is 20.5 Å². The maximum atomic E-state index is 14.9. The summed E-state index contributed by atoms with van der Waals surface area (Å²) >= 11 is 0. The zero-order valence-electron chi connectivity index (χ0n) is 16.9. The van der Waals surface area contributed by atoms with Gasteiger partial charge in [0.15, 0.2) is 6.17 Å². The molecule has 0 radical (unpaired) electrons. The Labute approximate surface area is 173 Å². The fourth-order valence-electron chi connectivity index (χ4n) is 4.44. The number of imidazole rings is 1. The Morgan fingerprint density at radius 1 is 1.27 bits per heavy atom. The topological polar surface area (TPSA) is 85.1 Å². The maximum Gasteiger partial charge on any atom is 0.233 e. The molecule has 2 aromatic heterocycles. The van der Waals surface area contributed by atoms with Gasteiger partial charge in [-0.25, -0.2) is 9.37 Å². The van der Waals surface area contributed by atoms with Crippen LogP contribution in [0.2, 0.25) is 0 Å². The van der Waals surface area contributed by atoms with Crippen LogP contribution in [0, 0.1) is 12.8 Å². The summed E-state index contributed by atoms with van der Waals surface area (Å²) in [4.78, 5) is 4.20. The summed E-state index contributed by atoms with van der Waals surface area (Å²) in [6, 6.07) is 8.73. The Balaban J connectivity index is 1.34. The van der Waals surface area contributed by atoms with Gasteiger partial charge in [0.1, 0.15) is 11.9 Å². The second-order valence-electron chi connectivity index (χ2n) is 8.46. The van der Waals surface area contributed by atoms with Crippen LogP contribution in [-0.4, -0.2) is 49.2 Å². The minimum absolute atomic E-state index is 0.0919. The molecule has 0 amide bonds. The van der Waals surface area contributed by atoms with Crippen LogP contribution < -0.4 is 10.1 Å². The van der Waals surface area contributed by atoms with Crippen LogP contribution in [0.25, 0.3) is 16.9 Å². The molecule has 0 spiro atoms. The molecule has 2 bridgehead atoms. The number of rotatable bonds is 4. The lowest BCUT2D eigenvalue weighted by molar-refractivity contribution is -0.0729. The van der Waals surface area contributed by atoms with Crippen LogP contribution in [0.5, 0.6) is 11.6 Å². The average Bonchev–Trinajstić information content (AvgIpc) is 3.18. The van der Waals surface area contributed by atoms with Gasteiger partial charge in [-0.3, -0.25) is 0 Å². The normalized spacial score (nSPS) is 27.9. The molecule has 6 rings (SSSR count). The monoisotopic (exact) mass is 409 g/mol. The molecule has 7 nitrogen and oxygen atoms in total. The number of aryl methyl sites for hydroxylation is 1. The van der Waals surface area contributed by atoms with E-state index in [4.69, 9.17) is 4.74 Å². The predicted molar refractivity (Wildman–Crippen MR) is 109 cm³/mol. The number of hydrogen-bond donors (Lipinski definition) is 2. The van der Waals surface area contributed by atoms with E-state index in [1.807, 2.05) is 30.7 Å². The van der Waals surface area contributed by atoms with Gasteiger partial charge in [-0.15, -0.1) is 10.2 Å². The number of nitrogens with zero attached hydrogens (tertiary/aromatic N) is 4. The van der Waals surface area contributed by atoms with Crippen molar-refractivity contribution in [2.24, 2.45) is 5.92 Å². The number of aromatic hydroxyl groups is 1. The largest absolute Gasteiger partial charge is 0.507 e. The van der Waals surface area contributed by atoms with Crippen molar-refractivity contribution in [3.63, 3.8) is 0 Å². The number of aromatic nitrogens is 4. The molecule has 1 aromatic carbocycles. The number of alkyl halides is 1. The molecule has 3 aliphatic rings. The van der Waals surface area contributed by atoms with Gasteiger partial charge in [0.25, 0.3) is 0 Å². The molecule has 3 aromatic rings. The second kappa shape index (κ2) is 7.05. The Hall–Kier alpha value is -3.00. The molecule has 4 atom stereocenters. The SMILES string of the molecule is Cc1cn(-c2ccc(-c3ccc(O[C@H]4[C@H]5CC[C@](C)(NC5)[C@@H]4F)nn3)c(O)c2)cn1. The van der Waals surface area contributed by atoms with Gasteiger partial charge in [-0.2, -0.15) is 0 Å². The van der Waals surface area contributed by atoms with E-state index in [1.54, 1.807) is 30.6 Å². The number of piperidine rings is 2. The minimum atomic E-state index is -1.09. The van der Waals surface area contributed by atoms with Crippen molar-refractivity contribution < 1.29 is 14.2 Å². The highest BCUT2D eigenvalue weighted by Gasteiger charge is 2.52. The molecule has 4 heterocycles. The van der Waals surface area contributed by atoms with E-state index in [0.717, 1.165) is 30.8 Å². The molecule has 1 saturated carbocycles. The van der Waals surface area contributed by atoms with E-state index < -0.39 is 17.8 Å². The van der Waals surface area contributed by atoms with E-state index in [9.17, 15) is 9.50 Å². The van der Waals surface area contributed by atoms with E-state index >= 15 is 0 Å². The molecule has 0 unspecified atom stereocenters. The molecule has 2 aliphatic heterocycles. The fraction of sp³-hybridized carbons (Fsp3) is 0.409. The zero-order valence-corrected chi connectivity index (χ0v) is 16.9. The lowest BCUT2D eigenvalue weighted by atomic mass is 9.70. The van der Waals surface area contributed by atoms with Gasteiger partial charge >= 0.3 is 0 Å². The lowest BCUT2D eigenvalue weighted by Crippen LogP contribution is -2.68. The Bertz CT molecular complexity index is 1060. The van der Waals surface area contributed by atoms with Crippen molar-refractivity contribution >= 4 is 0 Å². The summed E-state index contributed by atoms with van der Waals surface area (Å²) in [5, 5.41) is 22.1. The molecular formula is C22H24FN5O2. The molecule has 1 aliphatic carbocycles. The first kappa shape index (κ1) is 19.0. The van der Waals surface area contributed by atoms with Gasteiger partial charge in [-0.05, 0) is 44.9 Å². The first-order chi connectivity index (χ1) is 14.4. The predicted octanol–water partition coefficient (Wildman–Crippen LogP) is 3.20. The molecule has 2 N–H and O–H groups in total. The highest BCUT2D eigenvalue weighted by Crippen LogP contribution is 2.40. The quantitative estimate of drug-likeness (QED) is 0.688. The second-order valence-corrected chi connectivity index (χ2v) is 8.46. The van der Waals surface area contributed by atoms with Gasteiger partial charge in [0, 0.05) is 36.4 Å². The van der Waals surface area contributed by atoms with Gasteiger partial charge in [0.2, 0.25) is 5.88 Å². The first-order valence-electron chi connectivity index (χ1n) is 10.2. The van der Waals surface area contributed by atoms with Crippen LogP contribution in [0.4, 0.5) is 4.39 Å². The molecule has 30 heavy (non-hydrogen) atoms. The third-order valence-corrected chi connectivity index (χ3v) is 6.33. The minimum Gasteiger partial charge on any atom is -0.507 e.